The van der Waals surface area contributed by atoms with Gasteiger partial charge in [0.1, 0.15) is 5.75 Å². The molecule has 1 rings (SSSR count). The molecule has 0 saturated carbocycles. The first-order valence-corrected chi connectivity index (χ1v) is 6.09. The van der Waals surface area contributed by atoms with Gasteiger partial charge in [-0.05, 0) is 12.1 Å². The predicted octanol–water partition coefficient (Wildman–Crippen LogP) is 1.98. The van der Waals surface area contributed by atoms with Crippen LogP contribution in [0, 0.1) is 0 Å². The number of halogens is 2. The molecule has 21 heavy (non-hydrogen) atoms. The number of para-hydroxylation sites is 1. The van der Waals surface area contributed by atoms with E-state index in [1.54, 1.807) is 12.1 Å². The van der Waals surface area contributed by atoms with Crippen LogP contribution in [0.4, 0.5) is 8.78 Å². The Morgan fingerprint density at radius 2 is 2.05 bits per heavy atom. The summed E-state index contributed by atoms with van der Waals surface area (Å²) in [6.45, 7) is -2.81. The van der Waals surface area contributed by atoms with Crippen LogP contribution in [-0.4, -0.2) is 32.1 Å². The third-order valence-corrected chi connectivity index (χ3v) is 2.41. The molecular weight excluding hydrogens is 284 g/mol. The fourth-order valence-corrected chi connectivity index (χ4v) is 1.44. The van der Waals surface area contributed by atoms with Crippen LogP contribution in [0.3, 0.4) is 0 Å². The van der Waals surface area contributed by atoms with Crippen molar-refractivity contribution in [2.75, 3.05) is 13.7 Å². The molecule has 0 heterocycles. The number of carbonyl (C=O) groups is 2. The zero-order valence-electron chi connectivity index (χ0n) is 11.3. The van der Waals surface area contributed by atoms with E-state index in [0.29, 0.717) is 5.56 Å². The van der Waals surface area contributed by atoms with Gasteiger partial charge in [-0.3, -0.25) is 9.59 Å². The first-order valence-electron chi connectivity index (χ1n) is 6.09. The van der Waals surface area contributed by atoms with Gasteiger partial charge >= 0.3 is 12.6 Å². The van der Waals surface area contributed by atoms with E-state index in [1.165, 1.54) is 31.4 Å². The van der Waals surface area contributed by atoms with E-state index in [2.05, 4.69) is 14.8 Å². The lowest BCUT2D eigenvalue weighted by Crippen LogP contribution is -2.24. The normalized spacial score (nSPS) is 10.7. The standard InChI is InChI=1S/C14H15F2NO4/c1-20-13(19)8-9-17-12(18)7-6-10-4-2-3-5-11(10)21-14(15)16/h2-7,14H,8-9H2,1H3,(H,17,18)/b7-6+. The molecule has 1 aromatic rings. The van der Waals surface area contributed by atoms with Gasteiger partial charge in [0, 0.05) is 18.2 Å². The maximum Gasteiger partial charge on any atom is 0.387 e. The summed E-state index contributed by atoms with van der Waals surface area (Å²) < 4.78 is 33.2. The highest BCUT2D eigenvalue weighted by Gasteiger charge is 2.07. The minimum absolute atomic E-state index is 0.0221. The van der Waals surface area contributed by atoms with E-state index in [9.17, 15) is 18.4 Å². The number of alkyl halides is 2. The molecular formula is C14H15F2NO4. The van der Waals surface area contributed by atoms with Gasteiger partial charge < -0.3 is 14.8 Å². The van der Waals surface area contributed by atoms with Gasteiger partial charge in [-0.15, -0.1) is 0 Å². The Hall–Kier alpha value is -2.44. The Balaban J connectivity index is 2.55. The quantitative estimate of drug-likeness (QED) is 0.617. The Morgan fingerprint density at radius 1 is 1.33 bits per heavy atom. The molecule has 0 aliphatic heterocycles. The Morgan fingerprint density at radius 3 is 2.71 bits per heavy atom. The number of methoxy groups -OCH3 is 1. The molecule has 1 amide bonds. The molecule has 0 aromatic heterocycles. The summed E-state index contributed by atoms with van der Waals surface area (Å²) >= 11 is 0. The second-order valence-electron chi connectivity index (χ2n) is 3.87. The molecule has 114 valence electrons. The van der Waals surface area contributed by atoms with E-state index in [4.69, 9.17) is 0 Å². The van der Waals surface area contributed by atoms with Crippen molar-refractivity contribution >= 4 is 18.0 Å². The molecule has 7 heteroatoms. The summed E-state index contributed by atoms with van der Waals surface area (Å²) in [5, 5.41) is 2.46. The summed E-state index contributed by atoms with van der Waals surface area (Å²) in [5.74, 6) is -0.910. The predicted molar refractivity (Wildman–Crippen MR) is 71.8 cm³/mol. The minimum Gasteiger partial charge on any atom is -0.469 e. The van der Waals surface area contributed by atoms with Gasteiger partial charge in [0.25, 0.3) is 0 Å². The van der Waals surface area contributed by atoms with Crippen molar-refractivity contribution in [3.63, 3.8) is 0 Å². The molecule has 5 nitrogen and oxygen atoms in total. The van der Waals surface area contributed by atoms with Gasteiger partial charge in [-0.2, -0.15) is 8.78 Å². The molecule has 0 fully saturated rings. The summed E-state index contributed by atoms with van der Waals surface area (Å²) in [6.07, 6.45) is 2.58. The number of benzene rings is 1. The second-order valence-corrected chi connectivity index (χ2v) is 3.87. The first-order chi connectivity index (χ1) is 10.0. The van der Waals surface area contributed by atoms with Crippen molar-refractivity contribution in [1.82, 2.24) is 5.32 Å². The molecule has 1 aromatic carbocycles. The third kappa shape index (κ3) is 6.51. The van der Waals surface area contributed by atoms with Crippen molar-refractivity contribution in [1.29, 1.82) is 0 Å². The number of esters is 1. The van der Waals surface area contributed by atoms with Crippen LogP contribution in [0.2, 0.25) is 0 Å². The minimum atomic E-state index is -2.94. The van der Waals surface area contributed by atoms with E-state index in [0.717, 1.165) is 0 Å². The average molecular weight is 299 g/mol. The third-order valence-electron chi connectivity index (χ3n) is 2.41. The highest BCUT2D eigenvalue weighted by Crippen LogP contribution is 2.21. The second kappa shape index (κ2) is 8.68. The van der Waals surface area contributed by atoms with Crippen molar-refractivity contribution in [3.05, 3.63) is 35.9 Å². The molecule has 0 unspecified atom stereocenters. The number of hydrogen-bond donors (Lipinski definition) is 1. The number of amides is 1. The summed E-state index contributed by atoms with van der Waals surface area (Å²) in [6, 6.07) is 6.09. The van der Waals surface area contributed by atoms with Crippen molar-refractivity contribution < 1.29 is 27.8 Å². The Kier molecular flexibility index (Phi) is 6.86. The monoisotopic (exact) mass is 299 g/mol. The smallest absolute Gasteiger partial charge is 0.387 e. The highest BCUT2D eigenvalue weighted by molar-refractivity contribution is 5.92. The van der Waals surface area contributed by atoms with E-state index in [1.807, 2.05) is 0 Å². The van der Waals surface area contributed by atoms with E-state index in [-0.39, 0.29) is 18.7 Å². The summed E-state index contributed by atoms with van der Waals surface area (Å²) in [5.41, 5.74) is 0.348. The van der Waals surface area contributed by atoms with Crippen LogP contribution in [0.15, 0.2) is 30.3 Å². The lowest BCUT2D eigenvalue weighted by Gasteiger charge is -2.07. The number of nitrogens with one attached hydrogen (secondary N) is 1. The Labute approximate surface area is 120 Å². The van der Waals surface area contributed by atoms with Crippen LogP contribution < -0.4 is 10.1 Å². The number of ether oxygens (including phenoxy) is 2. The fraction of sp³-hybridized carbons (Fsp3) is 0.286. The molecule has 0 radical (unpaired) electrons. The topological polar surface area (TPSA) is 64.6 Å². The zero-order valence-corrected chi connectivity index (χ0v) is 11.3. The van der Waals surface area contributed by atoms with E-state index < -0.39 is 18.5 Å². The molecule has 0 aliphatic rings. The molecule has 0 atom stereocenters. The van der Waals surface area contributed by atoms with Gasteiger partial charge in [-0.1, -0.05) is 18.2 Å². The van der Waals surface area contributed by atoms with E-state index >= 15 is 0 Å². The van der Waals surface area contributed by atoms with Gasteiger partial charge in [0.2, 0.25) is 5.91 Å². The SMILES string of the molecule is COC(=O)CCNC(=O)/C=C/c1ccccc1OC(F)F. The van der Waals surface area contributed by atoms with Gasteiger partial charge in [0.05, 0.1) is 13.5 Å². The molecule has 0 aliphatic carbocycles. The maximum absolute atomic E-state index is 12.2. The number of carbonyl (C=O) groups excluding carboxylic acids is 2. The zero-order chi connectivity index (χ0) is 15.7. The van der Waals surface area contributed by atoms with Crippen LogP contribution >= 0.6 is 0 Å². The highest BCUT2D eigenvalue weighted by atomic mass is 19.3. The van der Waals surface area contributed by atoms with Gasteiger partial charge in [0.15, 0.2) is 0 Å². The Bertz CT molecular complexity index is 517. The molecule has 1 N–H and O–H groups in total. The van der Waals surface area contributed by atoms with Crippen LogP contribution in [0.5, 0.6) is 5.75 Å². The largest absolute Gasteiger partial charge is 0.469 e. The van der Waals surface area contributed by atoms with Crippen molar-refractivity contribution in [3.8, 4) is 5.75 Å². The lowest BCUT2D eigenvalue weighted by atomic mass is 10.2. The first kappa shape index (κ1) is 16.6. The van der Waals surface area contributed by atoms with Crippen molar-refractivity contribution in [2.24, 2.45) is 0 Å². The van der Waals surface area contributed by atoms with Gasteiger partial charge in [-0.25, -0.2) is 0 Å². The lowest BCUT2D eigenvalue weighted by molar-refractivity contribution is -0.140. The molecule has 0 spiro atoms. The maximum atomic E-state index is 12.2. The summed E-state index contributed by atoms with van der Waals surface area (Å²) in [7, 11) is 1.25. The molecule has 0 saturated heterocycles. The van der Waals surface area contributed by atoms with Crippen LogP contribution in [0.1, 0.15) is 12.0 Å². The van der Waals surface area contributed by atoms with Crippen LogP contribution in [-0.2, 0) is 14.3 Å². The fourth-order valence-electron chi connectivity index (χ4n) is 1.44. The molecule has 0 bridgehead atoms. The number of rotatable bonds is 7. The van der Waals surface area contributed by atoms with Crippen molar-refractivity contribution in [2.45, 2.75) is 13.0 Å². The average Bonchev–Trinajstić information content (AvgIpc) is 2.45. The number of hydrogen-bond acceptors (Lipinski definition) is 4. The summed E-state index contributed by atoms with van der Waals surface area (Å²) in [4.78, 5) is 22.3. The van der Waals surface area contributed by atoms with Crippen LogP contribution in [0.25, 0.3) is 6.08 Å².